The lowest BCUT2D eigenvalue weighted by atomic mass is 10.1. The van der Waals surface area contributed by atoms with Gasteiger partial charge >= 0.3 is 0 Å². The predicted octanol–water partition coefficient (Wildman–Crippen LogP) is 4.37. The summed E-state index contributed by atoms with van der Waals surface area (Å²) >= 11 is 0. The number of allylic oxidation sites excluding steroid dienone is 1. The first-order chi connectivity index (χ1) is 8.86. The first-order valence-electron chi connectivity index (χ1n) is 6.86. The standard InChI is InChI=1S/C16H24N2/c1-2-3-4-5-6-8-15-9-11-16(12-10-15)18-14-7-13-17/h7,9-14H,2-6,8,17H2,1H3/b13-7-,18-14?. The number of unbranched alkanes of at least 4 members (excludes halogenated alkanes) is 4. The highest BCUT2D eigenvalue weighted by atomic mass is 14.7. The van der Waals surface area contributed by atoms with Gasteiger partial charge in [0.2, 0.25) is 0 Å². The van der Waals surface area contributed by atoms with Crippen molar-refractivity contribution >= 4 is 11.9 Å². The lowest BCUT2D eigenvalue weighted by Gasteiger charge is -2.02. The van der Waals surface area contributed by atoms with E-state index in [0.717, 1.165) is 5.69 Å². The maximum absolute atomic E-state index is 5.23. The number of aliphatic imine (C=N–C) groups is 1. The van der Waals surface area contributed by atoms with Gasteiger partial charge in [0.1, 0.15) is 0 Å². The fraction of sp³-hybridized carbons (Fsp3) is 0.438. The quantitative estimate of drug-likeness (QED) is 0.535. The molecule has 1 aromatic carbocycles. The Kier molecular flexibility index (Phi) is 7.61. The Balaban J connectivity index is 2.31. The molecule has 0 atom stereocenters. The van der Waals surface area contributed by atoms with Crippen LogP contribution in [0, 0.1) is 0 Å². The molecule has 2 N–H and O–H groups in total. The number of benzene rings is 1. The molecule has 1 aromatic rings. The van der Waals surface area contributed by atoms with E-state index in [1.807, 2.05) is 0 Å². The monoisotopic (exact) mass is 244 g/mol. The molecular weight excluding hydrogens is 220 g/mol. The average molecular weight is 244 g/mol. The van der Waals surface area contributed by atoms with E-state index in [4.69, 9.17) is 5.73 Å². The molecule has 0 saturated carbocycles. The summed E-state index contributed by atoms with van der Waals surface area (Å²) in [5.41, 5.74) is 7.61. The van der Waals surface area contributed by atoms with Gasteiger partial charge in [0.15, 0.2) is 0 Å². The Labute approximate surface area is 111 Å². The largest absolute Gasteiger partial charge is 0.405 e. The van der Waals surface area contributed by atoms with E-state index in [9.17, 15) is 0 Å². The van der Waals surface area contributed by atoms with Crippen molar-refractivity contribution in [3.05, 3.63) is 42.1 Å². The maximum Gasteiger partial charge on any atom is 0.0629 e. The average Bonchev–Trinajstić information content (AvgIpc) is 2.40. The van der Waals surface area contributed by atoms with E-state index >= 15 is 0 Å². The predicted molar refractivity (Wildman–Crippen MR) is 80.4 cm³/mol. The van der Waals surface area contributed by atoms with Crippen LogP contribution in [0.4, 0.5) is 5.69 Å². The molecule has 0 saturated heterocycles. The molecule has 98 valence electrons. The van der Waals surface area contributed by atoms with Gasteiger partial charge in [-0.05, 0) is 42.8 Å². The molecule has 0 aliphatic heterocycles. The molecule has 1 rings (SSSR count). The minimum absolute atomic E-state index is 0.975. The Morgan fingerprint density at radius 2 is 1.78 bits per heavy atom. The summed E-state index contributed by atoms with van der Waals surface area (Å²) in [5.74, 6) is 0. The third-order valence-corrected chi connectivity index (χ3v) is 2.93. The molecule has 2 nitrogen and oxygen atoms in total. The van der Waals surface area contributed by atoms with E-state index in [0.29, 0.717) is 0 Å². The van der Waals surface area contributed by atoms with Crippen LogP contribution in [-0.2, 0) is 6.42 Å². The van der Waals surface area contributed by atoms with E-state index < -0.39 is 0 Å². The molecule has 0 spiro atoms. The summed E-state index contributed by atoms with van der Waals surface area (Å²) in [6, 6.07) is 8.45. The number of hydrogen-bond acceptors (Lipinski definition) is 2. The Hall–Kier alpha value is -1.57. The second-order valence-corrected chi connectivity index (χ2v) is 4.49. The second-order valence-electron chi connectivity index (χ2n) is 4.49. The molecule has 2 heteroatoms. The van der Waals surface area contributed by atoms with Crippen molar-refractivity contribution in [2.45, 2.75) is 45.4 Å². The van der Waals surface area contributed by atoms with E-state index in [2.05, 4.69) is 36.2 Å². The molecule has 0 radical (unpaired) electrons. The molecule has 0 aliphatic rings. The van der Waals surface area contributed by atoms with Crippen molar-refractivity contribution in [3.63, 3.8) is 0 Å². The maximum atomic E-state index is 5.23. The van der Waals surface area contributed by atoms with E-state index in [1.165, 1.54) is 50.3 Å². The summed E-state index contributed by atoms with van der Waals surface area (Å²) in [4.78, 5) is 4.27. The zero-order valence-electron chi connectivity index (χ0n) is 11.3. The van der Waals surface area contributed by atoms with Crippen LogP contribution >= 0.6 is 0 Å². The van der Waals surface area contributed by atoms with Crippen molar-refractivity contribution in [2.24, 2.45) is 10.7 Å². The first kappa shape index (κ1) is 14.5. The van der Waals surface area contributed by atoms with Crippen molar-refractivity contribution in [1.82, 2.24) is 0 Å². The minimum atomic E-state index is 0.975. The van der Waals surface area contributed by atoms with Crippen LogP contribution in [-0.4, -0.2) is 6.21 Å². The van der Waals surface area contributed by atoms with Crippen LogP contribution in [0.25, 0.3) is 0 Å². The molecule has 0 bridgehead atoms. The van der Waals surface area contributed by atoms with Gasteiger partial charge in [-0.15, -0.1) is 0 Å². The number of hydrogen-bond donors (Lipinski definition) is 1. The summed E-state index contributed by atoms with van der Waals surface area (Å²) in [6.45, 7) is 2.25. The van der Waals surface area contributed by atoms with Crippen LogP contribution in [0.15, 0.2) is 41.5 Å². The van der Waals surface area contributed by atoms with Crippen molar-refractivity contribution in [3.8, 4) is 0 Å². The number of rotatable bonds is 8. The van der Waals surface area contributed by atoms with Gasteiger partial charge in [-0.2, -0.15) is 0 Å². The summed E-state index contributed by atoms with van der Waals surface area (Å²) in [7, 11) is 0. The lowest BCUT2D eigenvalue weighted by molar-refractivity contribution is 0.632. The van der Waals surface area contributed by atoms with Crippen molar-refractivity contribution in [2.75, 3.05) is 0 Å². The Morgan fingerprint density at radius 3 is 2.44 bits per heavy atom. The summed E-state index contributed by atoms with van der Waals surface area (Å²) in [6.07, 6.45) is 12.8. The van der Waals surface area contributed by atoms with E-state index in [-0.39, 0.29) is 0 Å². The zero-order valence-corrected chi connectivity index (χ0v) is 11.3. The highest BCUT2D eigenvalue weighted by Crippen LogP contribution is 2.15. The molecule has 0 aliphatic carbocycles. The minimum Gasteiger partial charge on any atom is -0.405 e. The van der Waals surface area contributed by atoms with Crippen LogP contribution < -0.4 is 5.73 Å². The first-order valence-corrected chi connectivity index (χ1v) is 6.86. The molecule has 0 unspecified atom stereocenters. The molecule has 0 aromatic heterocycles. The van der Waals surface area contributed by atoms with Crippen LogP contribution in [0.5, 0.6) is 0 Å². The van der Waals surface area contributed by atoms with Gasteiger partial charge in [-0.25, -0.2) is 0 Å². The second kappa shape index (κ2) is 9.46. The Bertz CT molecular complexity index is 363. The zero-order chi connectivity index (χ0) is 13.1. The number of nitrogens with two attached hydrogens (primary N) is 1. The molecule has 0 fully saturated rings. The lowest BCUT2D eigenvalue weighted by Crippen LogP contribution is -1.85. The van der Waals surface area contributed by atoms with Gasteiger partial charge in [0, 0.05) is 6.21 Å². The van der Waals surface area contributed by atoms with Gasteiger partial charge in [-0.1, -0.05) is 44.7 Å². The van der Waals surface area contributed by atoms with Crippen LogP contribution in [0.3, 0.4) is 0 Å². The number of aryl methyl sites for hydroxylation is 1. The topological polar surface area (TPSA) is 38.4 Å². The van der Waals surface area contributed by atoms with Crippen molar-refractivity contribution < 1.29 is 0 Å². The van der Waals surface area contributed by atoms with Gasteiger partial charge in [0.05, 0.1) is 5.69 Å². The molecular formula is C16H24N2. The molecule has 0 amide bonds. The molecule has 18 heavy (non-hydrogen) atoms. The summed E-state index contributed by atoms with van der Waals surface area (Å²) < 4.78 is 0. The fourth-order valence-corrected chi connectivity index (χ4v) is 1.86. The van der Waals surface area contributed by atoms with Gasteiger partial charge < -0.3 is 5.73 Å². The molecule has 0 heterocycles. The van der Waals surface area contributed by atoms with E-state index in [1.54, 1.807) is 12.3 Å². The smallest absolute Gasteiger partial charge is 0.0629 e. The third kappa shape index (κ3) is 6.24. The van der Waals surface area contributed by atoms with Crippen LogP contribution in [0.2, 0.25) is 0 Å². The highest BCUT2D eigenvalue weighted by Gasteiger charge is 1.94. The highest BCUT2D eigenvalue weighted by molar-refractivity contribution is 5.74. The number of nitrogens with zero attached hydrogens (tertiary/aromatic N) is 1. The van der Waals surface area contributed by atoms with Crippen LogP contribution in [0.1, 0.15) is 44.6 Å². The Morgan fingerprint density at radius 1 is 1.06 bits per heavy atom. The van der Waals surface area contributed by atoms with Crippen molar-refractivity contribution in [1.29, 1.82) is 0 Å². The van der Waals surface area contributed by atoms with Gasteiger partial charge in [-0.3, -0.25) is 4.99 Å². The van der Waals surface area contributed by atoms with Gasteiger partial charge in [0.25, 0.3) is 0 Å². The summed E-state index contributed by atoms with van der Waals surface area (Å²) in [5, 5.41) is 0. The normalized spacial score (nSPS) is 11.6. The third-order valence-electron chi connectivity index (χ3n) is 2.93. The SMILES string of the molecule is CCCCCCCc1ccc(N=C/C=C\N)cc1. The fourth-order valence-electron chi connectivity index (χ4n) is 1.86.